The van der Waals surface area contributed by atoms with Gasteiger partial charge in [0, 0.05) is 19.6 Å². The van der Waals surface area contributed by atoms with Crippen molar-refractivity contribution in [3.8, 4) is 0 Å². The molecule has 0 amide bonds. The molecule has 0 aliphatic heterocycles. The molecule has 0 radical (unpaired) electrons. The van der Waals surface area contributed by atoms with Crippen molar-refractivity contribution in [2.24, 2.45) is 0 Å². The van der Waals surface area contributed by atoms with E-state index < -0.39 is 0 Å². The van der Waals surface area contributed by atoms with Gasteiger partial charge in [-0.25, -0.2) is 0 Å². The van der Waals surface area contributed by atoms with Gasteiger partial charge in [0.05, 0.1) is 5.69 Å². The summed E-state index contributed by atoms with van der Waals surface area (Å²) in [5.74, 6) is 0.917. The standard InChI is InChI=1S/C10H18N4/c1-8(2)14(4)10-6-5-9(7-11-3)12-13-10/h5-6,8,11H,7H2,1-4H3. The fraction of sp³-hybridized carbons (Fsp3) is 0.600. The summed E-state index contributed by atoms with van der Waals surface area (Å²) < 4.78 is 0. The lowest BCUT2D eigenvalue weighted by atomic mass is 10.3. The molecule has 14 heavy (non-hydrogen) atoms. The first-order valence-electron chi connectivity index (χ1n) is 4.85. The Morgan fingerprint density at radius 1 is 1.36 bits per heavy atom. The first-order chi connectivity index (χ1) is 6.65. The van der Waals surface area contributed by atoms with Crippen molar-refractivity contribution < 1.29 is 0 Å². The molecule has 0 saturated heterocycles. The zero-order valence-corrected chi connectivity index (χ0v) is 9.28. The summed E-state index contributed by atoms with van der Waals surface area (Å²) in [6.45, 7) is 5.02. The summed E-state index contributed by atoms with van der Waals surface area (Å²) in [6, 6.07) is 4.44. The van der Waals surface area contributed by atoms with Crippen molar-refractivity contribution in [1.29, 1.82) is 0 Å². The summed E-state index contributed by atoms with van der Waals surface area (Å²) in [5.41, 5.74) is 0.966. The fourth-order valence-corrected chi connectivity index (χ4v) is 1.08. The molecular weight excluding hydrogens is 176 g/mol. The van der Waals surface area contributed by atoms with Crippen molar-refractivity contribution in [3.05, 3.63) is 17.8 Å². The molecule has 0 aliphatic rings. The van der Waals surface area contributed by atoms with E-state index in [4.69, 9.17) is 0 Å². The maximum absolute atomic E-state index is 4.15. The van der Waals surface area contributed by atoms with Crippen LogP contribution in [0.15, 0.2) is 12.1 Å². The largest absolute Gasteiger partial charge is 0.356 e. The Labute approximate surface area is 85.3 Å². The predicted molar refractivity (Wildman–Crippen MR) is 58.3 cm³/mol. The summed E-state index contributed by atoms with van der Waals surface area (Å²) in [6.07, 6.45) is 0. The minimum Gasteiger partial charge on any atom is -0.356 e. The minimum absolute atomic E-state index is 0.444. The van der Waals surface area contributed by atoms with E-state index in [0.29, 0.717) is 6.04 Å². The number of hydrogen-bond acceptors (Lipinski definition) is 4. The van der Waals surface area contributed by atoms with Gasteiger partial charge >= 0.3 is 0 Å². The lowest BCUT2D eigenvalue weighted by molar-refractivity contribution is 0.719. The van der Waals surface area contributed by atoms with E-state index in [9.17, 15) is 0 Å². The van der Waals surface area contributed by atoms with Crippen molar-refractivity contribution >= 4 is 5.82 Å². The Bertz CT molecular complexity index is 268. The van der Waals surface area contributed by atoms with Crippen LogP contribution in [0.2, 0.25) is 0 Å². The number of anilines is 1. The van der Waals surface area contributed by atoms with Crippen LogP contribution in [0.1, 0.15) is 19.5 Å². The molecule has 4 heteroatoms. The van der Waals surface area contributed by atoms with Gasteiger partial charge in [0.1, 0.15) is 0 Å². The number of rotatable bonds is 4. The van der Waals surface area contributed by atoms with Gasteiger partial charge < -0.3 is 10.2 Å². The highest BCUT2D eigenvalue weighted by molar-refractivity contribution is 5.36. The Balaban J connectivity index is 2.72. The monoisotopic (exact) mass is 194 g/mol. The molecule has 1 heterocycles. The van der Waals surface area contributed by atoms with Crippen LogP contribution in [-0.2, 0) is 6.54 Å². The van der Waals surface area contributed by atoms with Crippen LogP contribution >= 0.6 is 0 Å². The molecule has 1 rings (SSSR count). The van der Waals surface area contributed by atoms with E-state index in [0.717, 1.165) is 18.1 Å². The molecular formula is C10H18N4. The zero-order chi connectivity index (χ0) is 10.6. The fourth-order valence-electron chi connectivity index (χ4n) is 1.08. The molecule has 0 atom stereocenters. The van der Waals surface area contributed by atoms with E-state index in [1.165, 1.54) is 0 Å². The second-order valence-corrected chi connectivity index (χ2v) is 3.62. The molecule has 1 aromatic rings. The predicted octanol–water partition coefficient (Wildman–Crippen LogP) is 1.04. The summed E-state index contributed by atoms with van der Waals surface area (Å²) in [5, 5.41) is 11.3. The van der Waals surface area contributed by atoms with Gasteiger partial charge in [-0.05, 0) is 33.0 Å². The van der Waals surface area contributed by atoms with Crippen LogP contribution in [0.5, 0.6) is 0 Å². The second kappa shape index (κ2) is 4.91. The number of nitrogens with zero attached hydrogens (tertiary/aromatic N) is 3. The SMILES string of the molecule is CNCc1ccc(N(C)C(C)C)nn1. The second-order valence-electron chi connectivity index (χ2n) is 3.62. The Hall–Kier alpha value is -1.16. The Kier molecular flexibility index (Phi) is 3.83. The number of hydrogen-bond donors (Lipinski definition) is 1. The lowest BCUT2D eigenvalue weighted by Crippen LogP contribution is -2.26. The molecule has 78 valence electrons. The third-order valence-corrected chi connectivity index (χ3v) is 2.20. The van der Waals surface area contributed by atoms with Crippen LogP contribution < -0.4 is 10.2 Å². The molecule has 0 aromatic carbocycles. The molecule has 1 aromatic heterocycles. The summed E-state index contributed by atoms with van der Waals surface area (Å²) >= 11 is 0. The molecule has 4 nitrogen and oxygen atoms in total. The number of aromatic nitrogens is 2. The lowest BCUT2D eigenvalue weighted by Gasteiger charge is -2.21. The third kappa shape index (κ3) is 2.67. The van der Waals surface area contributed by atoms with Gasteiger partial charge in [0.2, 0.25) is 0 Å². The van der Waals surface area contributed by atoms with Crippen LogP contribution in [0.25, 0.3) is 0 Å². The van der Waals surface area contributed by atoms with Gasteiger partial charge in [0.25, 0.3) is 0 Å². The molecule has 0 saturated carbocycles. The van der Waals surface area contributed by atoms with E-state index in [1.807, 2.05) is 26.2 Å². The third-order valence-electron chi connectivity index (χ3n) is 2.20. The van der Waals surface area contributed by atoms with Gasteiger partial charge in [-0.15, -0.1) is 5.10 Å². The normalized spacial score (nSPS) is 10.6. The van der Waals surface area contributed by atoms with Crippen LogP contribution in [0.3, 0.4) is 0 Å². The molecule has 0 unspecified atom stereocenters. The van der Waals surface area contributed by atoms with Crippen molar-refractivity contribution in [2.75, 3.05) is 19.0 Å². The Morgan fingerprint density at radius 2 is 2.07 bits per heavy atom. The van der Waals surface area contributed by atoms with Gasteiger partial charge in [-0.3, -0.25) is 0 Å². The van der Waals surface area contributed by atoms with Crippen molar-refractivity contribution in [3.63, 3.8) is 0 Å². The highest BCUT2D eigenvalue weighted by Gasteiger charge is 2.06. The van der Waals surface area contributed by atoms with Crippen molar-refractivity contribution in [2.45, 2.75) is 26.4 Å². The van der Waals surface area contributed by atoms with E-state index >= 15 is 0 Å². The summed E-state index contributed by atoms with van der Waals surface area (Å²) in [4.78, 5) is 2.09. The molecule has 0 bridgehead atoms. The Morgan fingerprint density at radius 3 is 2.50 bits per heavy atom. The molecule has 1 N–H and O–H groups in total. The quantitative estimate of drug-likeness (QED) is 0.777. The van der Waals surface area contributed by atoms with Gasteiger partial charge in [-0.1, -0.05) is 0 Å². The van der Waals surface area contributed by atoms with Gasteiger partial charge in [-0.2, -0.15) is 5.10 Å². The molecule has 0 aliphatic carbocycles. The topological polar surface area (TPSA) is 41.0 Å². The van der Waals surface area contributed by atoms with Crippen LogP contribution in [-0.4, -0.2) is 30.3 Å². The first-order valence-corrected chi connectivity index (χ1v) is 4.85. The molecule has 0 fully saturated rings. The van der Waals surface area contributed by atoms with E-state index in [1.54, 1.807) is 0 Å². The smallest absolute Gasteiger partial charge is 0.151 e. The maximum Gasteiger partial charge on any atom is 0.151 e. The average molecular weight is 194 g/mol. The number of nitrogens with one attached hydrogen (secondary N) is 1. The molecule has 0 spiro atoms. The highest BCUT2D eigenvalue weighted by Crippen LogP contribution is 2.10. The van der Waals surface area contributed by atoms with Crippen LogP contribution in [0.4, 0.5) is 5.82 Å². The zero-order valence-electron chi connectivity index (χ0n) is 9.28. The van der Waals surface area contributed by atoms with E-state index in [2.05, 4.69) is 34.3 Å². The average Bonchev–Trinajstić information content (AvgIpc) is 2.18. The summed E-state index contributed by atoms with van der Waals surface area (Å²) in [7, 11) is 3.92. The van der Waals surface area contributed by atoms with Crippen molar-refractivity contribution in [1.82, 2.24) is 15.5 Å². The maximum atomic E-state index is 4.15. The van der Waals surface area contributed by atoms with Crippen LogP contribution in [0, 0.1) is 0 Å². The minimum atomic E-state index is 0.444. The highest BCUT2D eigenvalue weighted by atomic mass is 15.3. The van der Waals surface area contributed by atoms with Gasteiger partial charge in [0.15, 0.2) is 5.82 Å². The first kappa shape index (κ1) is 10.9. The van der Waals surface area contributed by atoms with E-state index in [-0.39, 0.29) is 0 Å².